The zero-order valence-corrected chi connectivity index (χ0v) is 14.3. The van der Waals surface area contributed by atoms with E-state index < -0.39 is 10.0 Å². The Kier molecular flexibility index (Phi) is 4.57. The normalized spacial score (nSPS) is 15.4. The number of hydrogen-bond acceptors (Lipinski definition) is 3. The first-order valence-corrected chi connectivity index (χ1v) is 9.44. The van der Waals surface area contributed by atoms with Gasteiger partial charge in [-0.1, -0.05) is 18.2 Å². The Bertz CT molecular complexity index is 845. The molecule has 6 heteroatoms. The van der Waals surface area contributed by atoms with Crippen LogP contribution in [0.4, 0.5) is 11.4 Å². The van der Waals surface area contributed by atoms with Crippen LogP contribution < -0.4 is 9.62 Å². The van der Waals surface area contributed by atoms with Crippen LogP contribution in [-0.4, -0.2) is 20.9 Å². The van der Waals surface area contributed by atoms with Crippen molar-refractivity contribution in [2.45, 2.75) is 31.1 Å². The first-order valence-electron chi connectivity index (χ1n) is 7.96. The van der Waals surface area contributed by atoms with Crippen molar-refractivity contribution in [2.24, 2.45) is 0 Å². The van der Waals surface area contributed by atoms with E-state index in [1.165, 1.54) is 0 Å². The second-order valence-corrected chi connectivity index (χ2v) is 7.57. The highest BCUT2D eigenvalue weighted by atomic mass is 32.2. The Morgan fingerprint density at radius 3 is 2.38 bits per heavy atom. The summed E-state index contributed by atoms with van der Waals surface area (Å²) in [4.78, 5) is 14.0. The van der Waals surface area contributed by atoms with Crippen LogP contribution in [0.1, 0.15) is 24.8 Å². The smallest absolute Gasteiger partial charge is 0.262 e. The molecule has 1 fully saturated rings. The summed E-state index contributed by atoms with van der Waals surface area (Å²) in [6.07, 6.45) is 2.50. The Morgan fingerprint density at radius 1 is 1.00 bits per heavy atom. The summed E-state index contributed by atoms with van der Waals surface area (Å²) < 4.78 is 27.6. The second-order valence-electron chi connectivity index (χ2n) is 5.92. The summed E-state index contributed by atoms with van der Waals surface area (Å²) >= 11 is 0. The minimum Gasteiger partial charge on any atom is -0.312 e. The molecule has 0 saturated carbocycles. The number of rotatable bonds is 4. The maximum absolute atomic E-state index is 12.5. The lowest BCUT2D eigenvalue weighted by Crippen LogP contribution is -2.35. The van der Waals surface area contributed by atoms with Crippen LogP contribution in [0.25, 0.3) is 0 Å². The van der Waals surface area contributed by atoms with E-state index in [1.807, 2.05) is 0 Å². The molecule has 1 N–H and O–H groups in total. The number of benzene rings is 2. The van der Waals surface area contributed by atoms with E-state index in [1.54, 1.807) is 60.4 Å². The van der Waals surface area contributed by atoms with Gasteiger partial charge in [0.05, 0.1) is 4.90 Å². The number of nitrogens with one attached hydrogen (secondary N) is 1. The van der Waals surface area contributed by atoms with Gasteiger partial charge in [0.1, 0.15) is 0 Å². The average Bonchev–Trinajstić information content (AvgIpc) is 2.56. The molecule has 0 aliphatic carbocycles. The molecule has 3 rings (SSSR count). The highest BCUT2D eigenvalue weighted by molar-refractivity contribution is 7.92. The first kappa shape index (κ1) is 16.5. The molecule has 1 saturated heterocycles. The molecule has 2 aromatic rings. The van der Waals surface area contributed by atoms with Crippen LogP contribution in [0, 0.1) is 6.92 Å². The van der Waals surface area contributed by atoms with Crippen LogP contribution in [0.2, 0.25) is 0 Å². The van der Waals surface area contributed by atoms with Crippen molar-refractivity contribution < 1.29 is 13.2 Å². The number of nitrogens with zero attached hydrogens (tertiary/aromatic N) is 1. The van der Waals surface area contributed by atoms with E-state index in [9.17, 15) is 13.2 Å². The van der Waals surface area contributed by atoms with E-state index in [4.69, 9.17) is 0 Å². The van der Waals surface area contributed by atoms with Crippen molar-refractivity contribution in [1.29, 1.82) is 0 Å². The fraction of sp³-hybridized carbons (Fsp3) is 0.278. The predicted molar refractivity (Wildman–Crippen MR) is 94.6 cm³/mol. The van der Waals surface area contributed by atoms with Gasteiger partial charge >= 0.3 is 0 Å². The molecule has 2 aromatic carbocycles. The number of hydrogen-bond donors (Lipinski definition) is 1. The van der Waals surface area contributed by atoms with Gasteiger partial charge in [-0.3, -0.25) is 9.52 Å². The van der Waals surface area contributed by atoms with Gasteiger partial charge in [-0.05, 0) is 55.7 Å². The summed E-state index contributed by atoms with van der Waals surface area (Å²) in [6.45, 7) is 2.48. The maximum atomic E-state index is 12.5. The van der Waals surface area contributed by atoms with Gasteiger partial charge in [-0.2, -0.15) is 0 Å². The standard InChI is InChI=1S/C18H20N2O3S/c1-14-6-2-3-7-17(14)24(22,23)19-15-9-11-16(12-10-15)20-13-5-4-8-18(20)21/h2-3,6-7,9-12,19H,4-5,8,13H2,1H3. The monoisotopic (exact) mass is 344 g/mol. The number of carbonyl (C=O) groups excluding carboxylic acids is 1. The fourth-order valence-electron chi connectivity index (χ4n) is 2.86. The van der Waals surface area contributed by atoms with Gasteiger partial charge in [-0.25, -0.2) is 8.42 Å². The summed E-state index contributed by atoms with van der Waals surface area (Å²) in [6, 6.07) is 13.8. The molecule has 0 bridgehead atoms. The van der Waals surface area contributed by atoms with Crippen molar-refractivity contribution >= 4 is 27.3 Å². The molecule has 1 heterocycles. The molecule has 5 nitrogen and oxygen atoms in total. The van der Waals surface area contributed by atoms with Crippen LogP contribution in [-0.2, 0) is 14.8 Å². The van der Waals surface area contributed by atoms with E-state index in [2.05, 4.69) is 4.72 Å². The molecule has 1 amide bonds. The molecular weight excluding hydrogens is 324 g/mol. The summed E-state index contributed by atoms with van der Waals surface area (Å²) in [5, 5.41) is 0. The molecule has 0 radical (unpaired) electrons. The molecule has 0 unspecified atom stereocenters. The molecule has 0 aromatic heterocycles. The highest BCUT2D eigenvalue weighted by Crippen LogP contribution is 2.24. The molecule has 24 heavy (non-hydrogen) atoms. The van der Waals surface area contributed by atoms with Crippen molar-refractivity contribution in [3.8, 4) is 0 Å². The highest BCUT2D eigenvalue weighted by Gasteiger charge is 2.20. The lowest BCUT2D eigenvalue weighted by atomic mass is 10.1. The van der Waals surface area contributed by atoms with Crippen LogP contribution in [0.15, 0.2) is 53.4 Å². The quantitative estimate of drug-likeness (QED) is 0.925. The van der Waals surface area contributed by atoms with Crippen LogP contribution >= 0.6 is 0 Å². The third-order valence-electron chi connectivity index (χ3n) is 4.14. The SMILES string of the molecule is Cc1ccccc1S(=O)(=O)Nc1ccc(N2CCCCC2=O)cc1. The number of amides is 1. The summed E-state index contributed by atoms with van der Waals surface area (Å²) in [5.41, 5.74) is 1.98. The lowest BCUT2D eigenvalue weighted by molar-refractivity contribution is -0.119. The molecule has 1 aliphatic rings. The maximum Gasteiger partial charge on any atom is 0.262 e. The second kappa shape index (κ2) is 6.65. The molecule has 126 valence electrons. The molecule has 1 aliphatic heterocycles. The predicted octanol–water partition coefficient (Wildman–Crippen LogP) is 3.31. The van der Waals surface area contributed by atoms with Crippen molar-refractivity contribution in [2.75, 3.05) is 16.2 Å². The minimum absolute atomic E-state index is 0.120. The van der Waals surface area contributed by atoms with Gasteiger partial charge in [0, 0.05) is 24.3 Å². The molecular formula is C18H20N2O3S. The largest absolute Gasteiger partial charge is 0.312 e. The van der Waals surface area contributed by atoms with Crippen molar-refractivity contribution in [3.05, 3.63) is 54.1 Å². The van der Waals surface area contributed by atoms with E-state index in [0.29, 0.717) is 24.2 Å². The van der Waals surface area contributed by atoms with E-state index in [-0.39, 0.29) is 10.8 Å². The van der Waals surface area contributed by atoms with Crippen LogP contribution in [0.5, 0.6) is 0 Å². The third kappa shape index (κ3) is 3.43. The Morgan fingerprint density at radius 2 is 1.71 bits per heavy atom. The van der Waals surface area contributed by atoms with Gasteiger partial charge in [0.2, 0.25) is 5.91 Å². The lowest BCUT2D eigenvalue weighted by Gasteiger charge is -2.26. The number of aryl methyl sites for hydroxylation is 1. The first-order chi connectivity index (χ1) is 11.5. The fourth-order valence-corrected chi connectivity index (χ4v) is 4.16. The summed E-state index contributed by atoms with van der Waals surface area (Å²) in [7, 11) is -3.62. The number of piperidine rings is 1. The van der Waals surface area contributed by atoms with Gasteiger partial charge in [0.15, 0.2) is 0 Å². The minimum atomic E-state index is -3.62. The van der Waals surface area contributed by atoms with Gasteiger partial charge in [0.25, 0.3) is 10.0 Å². The van der Waals surface area contributed by atoms with Crippen molar-refractivity contribution in [3.63, 3.8) is 0 Å². The Labute approximate surface area is 142 Å². The van der Waals surface area contributed by atoms with E-state index in [0.717, 1.165) is 18.5 Å². The zero-order valence-electron chi connectivity index (χ0n) is 13.5. The Balaban J connectivity index is 1.79. The van der Waals surface area contributed by atoms with Crippen LogP contribution in [0.3, 0.4) is 0 Å². The molecule has 0 atom stereocenters. The van der Waals surface area contributed by atoms with Gasteiger partial charge < -0.3 is 4.90 Å². The summed E-state index contributed by atoms with van der Waals surface area (Å²) in [5.74, 6) is 0.120. The average molecular weight is 344 g/mol. The number of anilines is 2. The third-order valence-corrected chi connectivity index (χ3v) is 5.68. The number of carbonyl (C=O) groups is 1. The van der Waals surface area contributed by atoms with E-state index >= 15 is 0 Å². The zero-order chi connectivity index (χ0) is 17.2. The molecule has 0 spiro atoms. The number of sulfonamides is 1. The van der Waals surface area contributed by atoms with Crippen molar-refractivity contribution in [1.82, 2.24) is 0 Å². The van der Waals surface area contributed by atoms with Gasteiger partial charge in [-0.15, -0.1) is 0 Å². The topological polar surface area (TPSA) is 66.5 Å². The Hall–Kier alpha value is -2.34.